The summed E-state index contributed by atoms with van der Waals surface area (Å²) in [5, 5.41) is 6.63. The van der Waals surface area contributed by atoms with Crippen LogP contribution in [0, 0.1) is 29.6 Å². The molecule has 1 heterocycles. The van der Waals surface area contributed by atoms with Gasteiger partial charge in [-0.3, -0.25) is 4.79 Å². The molecule has 2 N–H and O–H groups in total. The molecule has 1 aliphatic heterocycles. The molecule has 1 amide bonds. The van der Waals surface area contributed by atoms with Crippen molar-refractivity contribution < 1.29 is 4.79 Å². The molecule has 3 aliphatic carbocycles. The molecule has 0 aromatic carbocycles. The zero-order valence-corrected chi connectivity index (χ0v) is 11.5. The van der Waals surface area contributed by atoms with Crippen LogP contribution in [0.5, 0.6) is 0 Å². The lowest BCUT2D eigenvalue weighted by Gasteiger charge is -2.21. The molecule has 0 spiro atoms. The van der Waals surface area contributed by atoms with Gasteiger partial charge in [-0.25, -0.2) is 0 Å². The summed E-state index contributed by atoms with van der Waals surface area (Å²) in [6.45, 7) is 2.23. The molecule has 0 radical (unpaired) electrons. The van der Waals surface area contributed by atoms with Gasteiger partial charge in [0.15, 0.2) is 0 Å². The molecule has 3 nitrogen and oxygen atoms in total. The zero-order chi connectivity index (χ0) is 11.4. The molecule has 2 bridgehead atoms. The maximum atomic E-state index is 12.0. The quantitative estimate of drug-likeness (QED) is 0.817. The highest BCUT2D eigenvalue weighted by Crippen LogP contribution is 2.49. The fourth-order valence-corrected chi connectivity index (χ4v) is 4.74. The van der Waals surface area contributed by atoms with E-state index < -0.39 is 0 Å². The number of nitrogens with one attached hydrogen (secondary N) is 2. The highest BCUT2D eigenvalue weighted by molar-refractivity contribution is 5.85. The van der Waals surface area contributed by atoms with Gasteiger partial charge >= 0.3 is 0 Å². The van der Waals surface area contributed by atoms with Crippen molar-refractivity contribution in [2.45, 2.75) is 38.1 Å². The van der Waals surface area contributed by atoms with E-state index in [1.807, 2.05) is 0 Å². The summed E-state index contributed by atoms with van der Waals surface area (Å²) in [5.41, 5.74) is 0. The minimum absolute atomic E-state index is 0. The van der Waals surface area contributed by atoms with E-state index in [2.05, 4.69) is 10.6 Å². The maximum Gasteiger partial charge on any atom is 0.220 e. The Labute approximate surface area is 115 Å². The SMILES string of the molecule is Cl.O=C(CC1CC2CCC1C2)NC1C2CNCC21. The Morgan fingerprint density at radius 3 is 2.56 bits per heavy atom. The van der Waals surface area contributed by atoms with E-state index in [1.165, 1.54) is 25.7 Å². The molecule has 3 saturated carbocycles. The van der Waals surface area contributed by atoms with Crippen molar-refractivity contribution in [1.82, 2.24) is 10.6 Å². The number of fused-ring (bicyclic) bond motifs is 3. The molecular formula is C14H23ClN2O. The summed E-state index contributed by atoms with van der Waals surface area (Å²) >= 11 is 0. The van der Waals surface area contributed by atoms with Crippen molar-refractivity contribution in [1.29, 1.82) is 0 Å². The number of rotatable bonds is 3. The zero-order valence-electron chi connectivity index (χ0n) is 10.7. The first-order valence-electron chi connectivity index (χ1n) is 7.31. The third-order valence-corrected chi connectivity index (χ3v) is 5.75. The van der Waals surface area contributed by atoms with Crippen LogP contribution in [0.3, 0.4) is 0 Å². The lowest BCUT2D eigenvalue weighted by atomic mass is 9.86. The van der Waals surface area contributed by atoms with Gasteiger partial charge < -0.3 is 10.6 Å². The molecular weight excluding hydrogens is 248 g/mol. The van der Waals surface area contributed by atoms with Crippen molar-refractivity contribution in [3.63, 3.8) is 0 Å². The fourth-order valence-electron chi connectivity index (χ4n) is 4.74. The summed E-state index contributed by atoms with van der Waals surface area (Å²) < 4.78 is 0. The maximum absolute atomic E-state index is 12.0. The normalized spacial score (nSPS) is 47.6. The first-order valence-corrected chi connectivity index (χ1v) is 7.31. The molecule has 0 aromatic heterocycles. The van der Waals surface area contributed by atoms with Crippen molar-refractivity contribution in [3.8, 4) is 0 Å². The summed E-state index contributed by atoms with van der Waals surface area (Å²) in [7, 11) is 0. The van der Waals surface area contributed by atoms with Crippen LogP contribution in [-0.2, 0) is 4.79 Å². The van der Waals surface area contributed by atoms with Crippen LogP contribution < -0.4 is 10.6 Å². The first kappa shape index (κ1) is 12.7. The van der Waals surface area contributed by atoms with Crippen LogP contribution in [0.25, 0.3) is 0 Å². The van der Waals surface area contributed by atoms with Crippen LogP contribution in [0.15, 0.2) is 0 Å². The minimum atomic E-state index is 0. The highest BCUT2D eigenvalue weighted by atomic mass is 35.5. The highest BCUT2D eigenvalue weighted by Gasteiger charge is 2.53. The Morgan fingerprint density at radius 2 is 1.94 bits per heavy atom. The number of hydrogen-bond donors (Lipinski definition) is 2. The van der Waals surface area contributed by atoms with E-state index in [-0.39, 0.29) is 12.4 Å². The summed E-state index contributed by atoms with van der Waals surface area (Å²) in [4.78, 5) is 12.0. The fraction of sp³-hybridized carbons (Fsp3) is 0.929. The molecule has 1 saturated heterocycles. The summed E-state index contributed by atoms with van der Waals surface area (Å²) in [6, 6.07) is 0.516. The first-order chi connectivity index (χ1) is 8.31. The molecule has 4 heteroatoms. The van der Waals surface area contributed by atoms with E-state index >= 15 is 0 Å². The Kier molecular flexibility index (Phi) is 3.31. The monoisotopic (exact) mass is 270 g/mol. The van der Waals surface area contributed by atoms with E-state index in [4.69, 9.17) is 0 Å². The molecule has 5 atom stereocenters. The van der Waals surface area contributed by atoms with Crippen LogP contribution in [0.1, 0.15) is 32.1 Å². The number of amides is 1. The average molecular weight is 271 g/mol. The van der Waals surface area contributed by atoms with Crippen LogP contribution in [0.4, 0.5) is 0 Å². The smallest absolute Gasteiger partial charge is 0.220 e. The molecule has 4 aliphatic rings. The summed E-state index contributed by atoms with van der Waals surface area (Å²) in [5.74, 6) is 4.39. The van der Waals surface area contributed by atoms with Gasteiger partial charge in [-0.1, -0.05) is 6.42 Å². The molecule has 4 fully saturated rings. The predicted octanol–water partition coefficient (Wildman–Crippen LogP) is 1.57. The van der Waals surface area contributed by atoms with E-state index in [0.717, 1.165) is 43.2 Å². The second-order valence-electron chi connectivity index (χ2n) is 6.72. The number of carbonyl (C=O) groups is 1. The Morgan fingerprint density at radius 1 is 1.17 bits per heavy atom. The van der Waals surface area contributed by atoms with Crippen molar-refractivity contribution in [3.05, 3.63) is 0 Å². The van der Waals surface area contributed by atoms with Gasteiger partial charge in [0.1, 0.15) is 0 Å². The molecule has 0 aromatic rings. The van der Waals surface area contributed by atoms with E-state index in [0.29, 0.717) is 17.9 Å². The lowest BCUT2D eigenvalue weighted by Crippen LogP contribution is -2.34. The molecule has 102 valence electrons. The second-order valence-corrected chi connectivity index (χ2v) is 6.72. The largest absolute Gasteiger partial charge is 0.353 e. The average Bonchev–Trinajstić information content (AvgIpc) is 2.81. The van der Waals surface area contributed by atoms with E-state index in [9.17, 15) is 4.79 Å². The van der Waals surface area contributed by atoms with Gasteiger partial charge in [-0.15, -0.1) is 12.4 Å². The number of hydrogen-bond acceptors (Lipinski definition) is 2. The Hall–Kier alpha value is -0.280. The molecule has 18 heavy (non-hydrogen) atoms. The van der Waals surface area contributed by atoms with Gasteiger partial charge in [0.2, 0.25) is 5.91 Å². The molecule has 5 unspecified atom stereocenters. The van der Waals surface area contributed by atoms with Crippen molar-refractivity contribution in [2.24, 2.45) is 29.6 Å². The van der Waals surface area contributed by atoms with Gasteiger partial charge in [-0.05, 0) is 48.9 Å². The van der Waals surface area contributed by atoms with Crippen LogP contribution in [0.2, 0.25) is 0 Å². The predicted molar refractivity (Wildman–Crippen MR) is 72.6 cm³/mol. The third kappa shape index (κ3) is 2.05. The van der Waals surface area contributed by atoms with Crippen LogP contribution in [-0.4, -0.2) is 25.0 Å². The van der Waals surface area contributed by atoms with Gasteiger partial charge in [0, 0.05) is 25.6 Å². The number of carbonyl (C=O) groups excluding carboxylic acids is 1. The standard InChI is InChI=1S/C14H22N2O.ClH/c17-13(16-14-11-6-15-7-12(11)14)5-10-4-8-1-2-9(10)3-8;/h8-12,14-15H,1-7H2,(H,16,17);1H. The van der Waals surface area contributed by atoms with Crippen LogP contribution >= 0.6 is 12.4 Å². The second kappa shape index (κ2) is 4.68. The number of piperidine rings is 1. The number of halogens is 1. The van der Waals surface area contributed by atoms with E-state index in [1.54, 1.807) is 0 Å². The van der Waals surface area contributed by atoms with Gasteiger partial charge in [0.25, 0.3) is 0 Å². The topological polar surface area (TPSA) is 41.1 Å². The Balaban J connectivity index is 0.000001000. The van der Waals surface area contributed by atoms with Crippen molar-refractivity contribution >= 4 is 18.3 Å². The van der Waals surface area contributed by atoms with Crippen molar-refractivity contribution in [2.75, 3.05) is 13.1 Å². The third-order valence-electron chi connectivity index (χ3n) is 5.75. The Bertz CT molecular complexity index is 339. The summed E-state index contributed by atoms with van der Waals surface area (Å²) in [6.07, 6.45) is 6.38. The van der Waals surface area contributed by atoms with Gasteiger partial charge in [-0.2, -0.15) is 0 Å². The lowest BCUT2D eigenvalue weighted by molar-refractivity contribution is -0.122. The van der Waals surface area contributed by atoms with Gasteiger partial charge in [0.05, 0.1) is 0 Å². The minimum Gasteiger partial charge on any atom is -0.353 e. The molecule has 4 rings (SSSR count).